The van der Waals surface area contributed by atoms with E-state index in [1.54, 1.807) is 0 Å². The lowest BCUT2D eigenvalue weighted by Gasteiger charge is -2.11. The number of carbonyl (C=O) groups excluding carboxylic acids is 1. The maximum atomic E-state index is 11.5. The zero-order valence-corrected chi connectivity index (χ0v) is 11.6. The van der Waals surface area contributed by atoms with Gasteiger partial charge in [0.15, 0.2) is 6.61 Å². The number of amides is 1. The summed E-state index contributed by atoms with van der Waals surface area (Å²) in [7, 11) is 0. The van der Waals surface area contributed by atoms with Crippen molar-refractivity contribution in [3.63, 3.8) is 0 Å². The number of hydrogen-bond donors (Lipinski definition) is 2. The first-order chi connectivity index (χ1) is 9.15. The summed E-state index contributed by atoms with van der Waals surface area (Å²) in [5, 5.41) is 2.72. The first kappa shape index (κ1) is 15.5. The second-order valence-corrected chi connectivity index (χ2v) is 4.24. The normalized spacial score (nSPS) is 10.3. The Hall–Kier alpha value is -1.59. The monoisotopic (exact) mass is 266 g/mol. The lowest BCUT2D eigenvalue weighted by Crippen LogP contribution is -2.32. The Bertz CT molecular complexity index is 408. The van der Waals surface area contributed by atoms with E-state index in [0.29, 0.717) is 26.3 Å². The topological polar surface area (TPSA) is 73.6 Å². The van der Waals surface area contributed by atoms with E-state index in [1.165, 1.54) is 0 Å². The molecule has 1 amide bonds. The predicted octanol–water partition coefficient (Wildman–Crippen LogP) is 0.774. The minimum atomic E-state index is -0.155. The number of aryl methyl sites for hydroxylation is 1. The van der Waals surface area contributed by atoms with E-state index in [9.17, 15) is 4.79 Å². The van der Waals surface area contributed by atoms with Crippen LogP contribution < -0.4 is 15.8 Å². The van der Waals surface area contributed by atoms with Crippen LogP contribution in [0.2, 0.25) is 0 Å². The van der Waals surface area contributed by atoms with Crippen LogP contribution in [0, 0.1) is 13.8 Å². The second kappa shape index (κ2) is 8.50. The summed E-state index contributed by atoms with van der Waals surface area (Å²) in [5.41, 5.74) is 7.48. The molecule has 0 aliphatic rings. The van der Waals surface area contributed by atoms with Gasteiger partial charge in [0, 0.05) is 13.1 Å². The molecule has 1 aromatic rings. The van der Waals surface area contributed by atoms with Gasteiger partial charge in [0.1, 0.15) is 5.75 Å². The Morgan fingerprint density at radius 1 is 1.32 bits per heavy atom. The molecule has 3 N–H and O–H groups in total. The quantitative estimate of drug-likeness (QED) is 0.682. The van der Waals surface area contributed by atoms with Gasteiger partial charge in [0.25, 0.3) is 5.91 Å². The van der Waals surface area contributed by atoms with Crippen molar-refractivity contribution in [2.24, 2.45) is 5.73 Å². The maximum absolute atomic E-state index is 11.5. The summed E-state index contributed by atoms with van der Waals surface area (Å²) in [4.78, 5) is 11.5. The van der Waals surface area contributed by atoms with Gasteiger partial charge in [-0.1, -0.05) is 12.1 Å². The fraction of sp³-hybridized carbons (Fsp3) is 0.500. The van der Waals surface area contributed by atoms with Crippen LogP contribution >= 0.6 is 0 Å². The molecule has 1 aromatic carbocycles. The van der Waals surface area contributed by atoms with E-state index in [2.05, 4.69) is 5.32 Å². The van der Waals surface area contributed by atoms with Crippen LogP contribution in [-0.4, -0.2) is 38.8 Å². The van der Waals surface area contributed by atoms with Crippen molar-refractivity contribution in [3.05, 3.63) is 29.3 Å². The average molecular weight is 266 g/mol. The van der Waals surface area contributed by atoms with Crippen LogP contribution in [0.1, 0.15) is 11.1 Å². The zero-order chi connectivity index (χ0) is 14.1. The summed E-state index contributed by atoms with van der Waals surface area (Å²) < 4.78 is 10.6. The standard InChI is InChI=1S/C14H22N2O3/c1-11-4-3-5-13(12(11)2)19-10-14(17)16-7-9-18-8-6-15/h3-5H,6-10,15H2,1-2H3,(H,16,17). The minimum absolute atomic E-state index is 0.0151. The SMILES string of the molecule is Cc1cccc(OCC(=O)NCCOCCN)c1C. The summed E-state index contributed by atoms with van der Waals surface area (Å²) >= 11 is 0. The molecule has 106 valence electrons. The van der Waals surface area contributed by atoms with Crippen molar-refractivity contribution in [2.75, 3.05) is 32.9 Å². The van der Waals surface area contributed by atoms with Crippen molar-refractivity contribution in [3.8, 4) is 5.75 Å². The molecule has 0 bridgehead atoms. The minimum Gasteiger partial charge on any atom is -0.483 e. The molecule has 0 radical (unpaired) electrons. The molecule has 0 spiro atoms. The third-order valence-corrected chi connectivity index (χ3v) is 2.74. The number of hydrogen-bond acceptors (Lipinski definition) is 4. The molecule has 0 aliphatic heterocycles. The molecule has 1 rings (SSSR count). The Balaban J connectivity index is 2.24. The number of nitrogens with one attached hydrogen (secondary N) is 1. The molecular formula is C14H22N2O3. The molecule has 5 heteroatoms. The third kappa shape index (κ3) is 5.72. The molecule has 0 unspecified atom stereocenters. The van der Waals surface area contributed by atoms with Gasteiger partial charge >= 0.3 is 0 Å². The molecule has 0 saturated carbocycles. The largest absolute Gasteiger partial charge is 0.483 e. The highest BCUT2D eigenvalue weighted by atomic mass is 16.5. The lowest BCUT2D eigenvalue weighted by atomic mass is 10.1. The Labute approximate surface area is 114 Å². The molecule has 0 heterocycles. The third-order valence-electron chi connectivity index (χ3n) is 2.74. The summed E-state index contributed by atoms with van der Waals surface area (Å²) in [5.74, 6) is 0.590. The van der Waals surface area contributed by atoms with E-state index in [4.69, 9.17) is 15.2 Å². The molecule has 0 atom stereocenters. The van der Waals surface area contributed by atoms with Gasteiger partial charge < -0.3 is 20.5 Å². The predicted molar refractivity (Wildman–Crippen MR) is 74.3 cm³/mol. The number of benzene rings is 1. The van der Waals surface area contributed by atoms with Gasteiger partial charge in [-0.2, -0.15) is 0 Å². The summed E-state index contributed by atoms with van der Waals surface area (Å²) in [6.45, 7) is 5.93. The van der Waals surface area contributed by atoms with Crippen molar-refractivity contribution in [1.29, 1.82) is 0 Å². The maximum Gasteiger partial charge on any atom is 0.258 e. The first-order valence-corrected chi connectivity index (χ1v) is 6.38. The Kier molecular flexibility index (Phi) is 6.92. The van der Waals surface area contributed by atoms with Gasteiger partial charge in [-0.25, -0.2) is 0 Å². The molecule has 5 nitrogen and oxygen atoms in total. The molecule has 0 aliphatic carbocycles. The summed E-state index contributed by atoms with van der Waals surface area (Å²) in [6.07, 6.45) is 0. The van der Waals surface area contributed by atoms with Gasteiger partial charge in [-0.15, -0.1) is 0 Å². The molecule has 0 aromatic heterocycles. The molecule has 0 saturated heterocycles. The number of ether oxygens (including phenoxy) is 2. The number of rotatable bonds is 8. The average Bonchev–Trinajstić information content (AvgIpc) is 2.40. The highest BCUT2D eigenvalue weighted by molar-refractivity contribution is 5.77. The van der Waals surface area contributed by atoms with E-state index in [0.717, 1.165) is 16.9 Å². The van der Waals surface area contributed by atoms with Crippen molar-refractivity contribution >= 4 is 5.91 Å². The van der Waals surface area contributed by atoms with Crippen LogP contribution in [0.5, 0.6) is 5.75 Å². The van der Waals surface area contributed by atoms with Crippen LogP contribution in [0.3, 0.4) is 0 Å². The van der Waals surface area contributed by atoms with Crippen molar-refractivity contribution in [2.45, 2.75) is 13.8 Å². The number of nitrogens with two attached hydrogens (primary N) is 1. The highest BCUT2D eigenvalue weighted by Gasteiger charge is 2.05. The highest BCUT2D eigenvalue weighted by Crippen LogP contribution is 2.20. The fourth-order valence-electron chi connectivity index (χ4n) is 1.52. The van der Waals surface area contributed by atoms with Gasteiger partial charge in [-0.05, 0) is 31.0 Å². The van der Waals surface area contributed by atoms with E-state index in [1.807, 2.05) is 32.0 Å². The molecule has 0 fully saturated rings. The van der Waals surface area contributed by atoms with Crippen LogP contribution in [0.25, 0.3) is 0 Å². The van der Waals surface area contributed by atoms with Gasteiger partial charge in [0.05, 0.1) is 13.2 Å². The first-order valence-electron chi connectivity index (χ1n) is 6.38. The van der Waals surface area contributed by atoms with Crippen LogP contribution in [0.4, 0.5) is 0 Å². The Morgan fingerprint density at radius 2 is 2.11 bits per heavy atom. The van der Waals surface area contributed by atoms with Gasteiger partial charge in [-0.3, -0.25) is 4.79 Å². The van der Waals surface area contributed by atoms with E-state index in [-0.39, 0.29) is 12.5 Å². The smallest absolute Gasteiger partial charge is 0.258 e. The Morgan fingerprint density at radius 3 is 2.84 bits per heavy atom. The van der Waals surface area contributed by atoms with E-state index < -0.39 is 0 Å². The second-order valence-electron chi connectivity index (χ2n) is 4.24. The van der Waals surface area contributed by atoms with Crippen LogP contribution in [-0.2, 0) is 9.53 Å². The van der Waals surface area contributed by atoms with E-state index >= 15 is 0 Å². The zero-order valence-electron chi connectivity index (χ0n) is 11.6. The molecule has 19 heavy (non-hydrogen) atoms. The lowest BCUT2D eigenvalue weighted by molar-refractivity contribution is -0.123. The van der Waals surface area contributed by atoms with Crippen molar-refractivity contribution < 1.29 is 14.3 Å². The molecular weight excluding hydrogens is 244 g/mol. The fourth-order valence-corrected chi connectivity index (χ4v) is 1.52. The number of carbonyl (C=O) groups is 1. The van der Waals surface area contributed by atoms with Crippen LogP contribution in [0.15, 0.2) is 18.2 Å². The summed E-state index contributed by atoms with van der Waals surface area (Å²) in [6, 6.07) is 5.78. The van der Waals surface area contributed by atoms with Crippen molar-refractivity contribution in [1.82, 2.24) is 5.32 Å². The van der Waals surface area contributed by atoms with Gasteiger partial charge in [0.2, 0.25) is 0 Å².